The average Bonchev–Trinajstić information content (AvgIpc) is 2.50. The number of ketones is 1. The zero-order valence-electron chi connectivity index (χ0n) is 7.66. The van der Waals surface area contributed by atoms with Gasteiger partial charge in [-0.05, 0) is 22.6 Å². The second-order valence-electron chi connectivity index (χ2n) is 2.74. The summed E-state index contributed by atoms with van der Waals surface area (Å²) in [7, 11) is 1.51. The van der Waals surface area contributed by atoms with Crippen LogP contribution < -0.4 is 5.32 Å². The van der Waals surface area contributed by atoms with Gasteiger partial charge in [-0.3, -0.25) is 14.3 Å². The maximum atomic E-state index is 11.3. The Hall–Kier alpha value is -0.920. The van der Waals surface area contributed by atoms with Crippen molar-refractivity contribution in [2.45, 2.75) is 13.0 Å². The summed E-state index contributed by atoms with van der Waals surface area (Å²) in [6, 6.07) is 0. The maximum Gasteiger partial charge on any atom is 0.227 e. The van der Waals surface area contributed by atoms with Gasteiger partial charge in [-0.2, -0.15) is 5.10 Å². The standard InChI is InChI=1S/C8H10IN3O2/c1-10-8(14)2-7(13)5-12-4-6(9)3-11-12/h3-4H,2,5H2,1H3,(H,10,14). The number of hydrogen-bond acceptors (Lipinski definition) is 3. The lowest BCUT2D eigenvalue weighted by atomic mass is 10.3. The van der Waals surface area contributed by atoms with Gasteiger partial charge >= 0.3 is 0 Å². The number of Topliss-reactive ketones (excluding diaryl/α,β-unsaturated/α-hetero) is 1. The molecule has 1 amide bonds. The number of amides is 1. The number of carbonyl (C=O) groups is 2. The number of aromatic nitrogens is 2. The van der Waals surface area contributed by atoms with Crippen molar-refractivity contribution in [3.05, 3.63) is 16.0 Å². The molecule has 1 rings (SSSR count). The second-order valence-corrected chi connectivity index (χ2v) is 3.99. The van der Waals surface area contributed by atoms with Crippen LogP contribution >= 0.6 is 22.6 Å². The van der Waals surface area contributed by atoms with Crippen molar-refractivity contribution in [3.8, 4) is 0 Å². The molecule has 5 nitrogen and oxygen atoms in total. The Morgan fingerprint density at radius 2 is 2.36 bits per heavy atom. The van der Waals surface area contributed by atoms with E-state index in [0.29, 0.717) is 0 Å². The molecule has 0 aliphatic heterocycles. The van der Waals surface area contributed by atoms with Crippen molar-refractivity contribution in [3.63, 3.8) is 0 Å². The minimum atomic E-state index is -0.267. The molecule has 0 spiro atoms. The molecule has 0 bridgehead atoms. The van der Waals surface area contributed by atoms with Crippen LogP contribution in [0.1, 0.15) is 6.42 Å². The highest BCUT2D eigenvalue weighted by Gasteiger charge is 2.08. The van der Waals surface area contributed by atoms with Crippen molar-refractivity contribution in [2.75, 3.05) is 7.05 Å². The molecule has 0 unspecified atom stereocenters. The molecule has 0 saturated carbocycles. The van der Waals surface area contributed by atoms with Crippen molar-refractivity contribution in [1.82, 2.24) is 15.1 Å². The monoisotopic (exact) mass is 307 g/mol. The van der Waals surface area contributed by atoms with Crippen LogP contribution in [0.15, 0.2) is 12.4 Å². The van der Waals surface area contributed by atoms with Gasteiger partial charge in [0.05, 0.1) is 16.2 Å². The van der Waals surface area contributed by atoms with Gasteiger partial charge in [0.1, 0.15) is 6.54 Å². The van der Waals surface area contributed by atoms with Crippen molar-refractivity contribution in [2.24, 2.45) is 0 Å². The summed E-state index contributed by atoms with van der Waals surface area (Å²) in [5.74, 6) is -0.416. The third-order valence-electron chi connectivity index (χ3n) is 1.58. The highest BCUT2D eigenvalue weighted by Crippen LogP contribution is 2.01. The Kier molecular flexibility index (Phi) is 4.05. The van der Waals surface area contributed by atoms with Gasteiger partial charge in [-0.25, -0.2) is 0 Å². The minimum absolute atomic E-state index is 0.0903. The van der Waals surface area contributed by atoms with E-state index in [4.69, 9.17) is 0 Å². The first-order chi connectivity index (χ1) is 6.61. The topological polar surface area (TPSA) is 64.0 Å². The molecule has 6 heteroatoms. The van der Waals surface area contributed by atoms with Crippen LogP contribution in [0.5, 0.6) is 0 Å². The van der Waals surface area contributed by atoms with Gasteiger partial charge in [0.2, 0.25) is 5.91 Å². The number of carbonyl (C=O) groups excluding carboxylic acids is 2. The number of hydrogen-bond donors (Lipinski definition) is 1. The van der Waals surface area contributed by atoms with Crippen molar-refractivity contribution < 1.29 is 9.59 Å². The molecule has 1 aromatic heterocycles. The predicted molar refractivity (Wildman–Crippen MR) is 58.6 cm³/mol. The number of nitrogens with zero attached hydrogens (tertiary/aromatic N) is 2. The maximum absolute atomic E-state index is 11.3. The van der Waals surface area contributed by atoms with Gasteiger partial charge in [0.15, 0.2) is 5.78 Å². The largest absolute Gasteiger partial charge is 0.359 e. The summed E-state index contributed by atoms with van der Waals surface area (Å²) in [4.78, 5) is 22.1. The van der Waals surface area contributed by atoms with Crippen LogP contribution in [0.3, 0.4) is 0 Å². The SMILES string of the molecule is CNC(=O)CC(=O)Cn1cc(I)cn1. The van der Waals surface area contributed by atoms with Crippen LogP contribution in [-0.2, 0) is 16.1 Å². The molecule has 76 valence electrons. The first-order valence-corrected chi connectivity index (χ1v) is 5.10. The molecule has 0 radical (unpaired) electrons. The Labute approximate surface area is 95.0 Å². The molecule has 0 saturated heterocycles. The second kappa shape index (κ2) is 5.08. The molecule has 14 heavy (non-hydrogen) atoms. The number of halogens is 1. The highest BCUT2D eigenvalue weighted by molar-refractivity contribution is 14.1. The summed E-state index contributed by atoms with van der Waals surface area (Å²) in [5.41, 5.74) is 0. The molecular weight excluding hydrogens is 297 g/mol. The van der Waals surface area contributed by atoms with Gasteiger partial charge in [0.25, 0.3) is 0 Å². The third kappa shape index (κ3) is 3.44. The van der Waals surface area contributed by atoms with Crippen LogP contribution in [0.4, 0.5) is 0 Å². The van der Waals surface area contributed by atoms with Crippen LogP contribution in [0.2, 0.25) is 0 Å². The van der Waals surface area contributed by atoms with Crippen molar-refractivity contribution >= 4 is 34.3 Å². The quantitative estimate of drug-likeness (QED) is 0.638. The molecule has 0 aliphatic rings. The van der Waals surface area contributed by atoms with E-state index in [-0.39, 0.29) is 24.7 Å². The van der Waals surface area contributed by atoms with E-state index in [9.17, 15) is 9.59 Å². The normalized spacial score (nSPS) is 9.86. The Morgan fingerprint density at radius 1 is 1.64 bits per heavy atom. The molecule has 1 N–H and O–H groups in total. The molecular formula is C8H10IN3O2. The zero-order chi connectivity index (χ0) is 10.6. The molecule has 0 aliphatic carbocycles. The van der Waals surface area contributed by atoms with E-state index < -0.39 is 0 Å². The predicted octanol–water partition coefficient (Wildman–Crippen LogP) is 0.193. The molecule has 1 heterocycles. The first-order valence-electron chi connectivity index (χ1n) is 4.02. The smallest absolute Gasteiger partial charge is 0.227 e. The van der Waals surface area contributed by atoms with Crippen LogP contribution in [0, 0.1) is 3.57 Å². The van der Waals surface area contributed by atoms with E-state index >= 15 is 0 Å². The molecule has 0 atom stereocenters. The molecule has 1 aromatic rings. The summed E-state index contributed by atoms with van der Waals surface area (Å²) >= 11 is 2.11. The summed E-state index contributed by atoms with van der Waals surface area (Å²) in [6.07, 6.45) is 3.32. The summed E-state index contributed by atoms with van der Waals surface area (Å²) < 4.78 is 2.49. The highest BCUT2D eigenvalue weighted by atomic mass is 127. The van der Waals surface area contributed by atoms with Crippen LogP contribution in [0.25, 0.3) is 0 Å². The zero-order valence-corrected chi connectivity index (χ0v) is 9.82. The van der Waals surface area contributed by atoms with E-state index in [1.807, 2.05) is 0 Å². The Balaban J connectivity index is 2.45. The van der Waals surface area contributed by atoms with E-state index in [1.165, 1.54) is 11.7 Å². The van der Waals surface area contributed by atoms with E-state index in [1.54, 1.807) is 12.4 Å². The van der Waals surface area contributed by atoms with Crippen LogP contribution in [-0.4, -0.2) is 28.5 Å². The number of rotatable bonds is 4. The minimum Gasteiger partial charge on any atom is -0.359 e. The fourth-order valence-electron chi connectivity index (χ4n) is 0.929. The first kappa shape index (κ1) is 11.2. The average molecular weight is 307 g/mol. The lowest BCUT2D eigenvalue weighted by Crippen LogP contribution is -2.23. The lowest BCUT2D eigenvalue weighted by Gasteiger charge is -1.99. The fourth-order valence-corrected chi connectivity index (χ4v) is 1.37. The number of nitrogens with one attached hydrogen (secondary N) is 1. The fraction of sp³-hybridized carbons (Fsp3) is 0.375. The summed E-state index contributed by atoms with van der Waals surface area (Å²) in [5, 5.41) is 6.34. The molecule has 0 fully saturated rings. The lowest BCUT2D eigenvalue weighted by molar-refractivity contribution is -0.128. The Morgan fingerprint density at radius 3 is 2.86 bits per heavy atom. The third-order valence-corrected chi connectivity index (χ3v) is 2.13. The van der Waals surface area contributed by atoms with Crippen molar-refractivity contribution in [1.29, 1.82) is 0 Å². The Bertz CT molecular complexity index is 348. The van der Waals surface area contributed by atoms with E-state index in [2.05, 4.69) is 33.0 Å². The van der Waals surface area contributed by atoms with Gasteiger partial charge in [0, 0.05) is 13.2 Å². The molecule has 0 aromatic carbocycles. The summed E-state index contributed by atoms with van der Waals surface area (Å²) in [6.45, 7) is 0.149. The van der Waals surface area contributed by atoms with Gasteiger partial charge in [-0.15, -0.1) is 0 Å². The van der Waals surface area contributed by atoms with Gasteiger partial charge < -0.3 is 5.32 Å². The van der Waals surface area contributed by atoms with Gasteiger partial charge in [-0.1, -0.05) is 0 Å². The van der Waals surface area contributed by atoms with E-state index in [0.717, 1.165) is 3.57 Å².